The maximum absolute atomic E-state index is 12.5. The van der Waals surface area contributed by atoms with Crippen molar-refractivity contribution < 1.29 is 23.1 Å². The van der Waals surface area contributed by atoms with Crippen LogP contribution in [-0.2, 0) is 0 Å². The van der Waals surface area contributed by atoms with Crippen molar-refractivity contribution >= 4 is 22.9 Å². The lowest BCUT2D eigenvalue weighted by molar-refractivity contribution is 0.102. The fourth-order valence-corrected chi connectivity index (χ4v) is 2.95. The third kappa shape index (κ3) is 3.18. The van der Waals surface area contributed by atoms with Crippen molar-refractivity contribution in [1.82, 2.24) is 10.2 Å². The van der Waals surface area contributed by atoms with Crippen molar-refractivity contribution in [1.29, 1.82) is 0 Å². The highest BCUT2D eigenvalue weighted by atomic mass is 16.6. The van der Waals surface area contributed by atoms with Crippen molar-refractivity contribution in [3.8, 4) is 23.0 Å². The number of nitrogens with zero attached hydrogens (tertiary/aromatic N) is 2. The zero-order chi connectivity index (χ0) is 19.8. The topological polar surface area (TPSA) is 117 Å². The molecule has 5 rings (SSSR count). The van der Waals surface area contributed by atoms with E-state index in [0.717, 1.165) is 0 Å². The Balaban J connectivity index is 1.39. The smallest absolute Gasteiger partial charge is 0.349 e. The zero-order valence-electron chi connectivity index (χ0n) is 14.9. The Labute approximate surface area is 162 Å². The van der Waals surface area contributed by atoms with Gasteiger partial charge in [0, 0.05) is 10.9 Å². The summed E-state index contributed by atoms with van der Waals surface area (Å²) in [5.41, 5.74) is 0.0794. The molecule has 1 aliphatic rings. The number of rotatable bonds is 3. The summed E-state index contributed by atoms with van der Waals surface area (Å²) in [5, 5.41) is 10.8. The Hall–Kier alpha value is -4.14. The Bertz CT molecular complexity index is 1290. The zero-order valence-corrected chi connectivity index (χ0v) is 14.9. The predicted octanol–water partition coefficient (Wildman–Crippen LogP) is 2.87. The molecule has 0 atom stereocenters. The van der Waals surface area contributed by atoms with Crippen LogP contribution in [0, 0.1) is 0 Å². The SMILES string of the molecule is O=C(Nc1nnc(-c2ccc3c(c2)OCCO3)o1)c1cc2ccccc2oc1=O. The van der Waals surface area contributed by atoms with Gasteiger partial charge < -0.3 is 18.3 Å². The highest BCUT2D eigenvalue weighted by Gasteiger charge is 2.19. The Morgan fingerprint density at radius 1 is 0.931 bits per heavy atom. The molecular formula is C20H13N3O6. The summed E-state index contributed by atoms with van der Waals surface area (Å²) in [4.78, 5) is 24.6. The lowest BCUT2D eigenvalue weighted by Gasteiger charge is -2.18. The van der Waals surface area contributed by atoms with Gasteiger partial charge >= 0.3 is 11.6 Å². The molecule has 1 aliphatic heterocycles. The number of para-hydroxylation sites is 1. The molecule has 2 aromatic carbocycles. The molecule has 1 amide bonds. The average molecular weight is 391 g/mol. The number of carbonyl (C=O) groups excluding carboxylic acids is 1. The first-order chi connectivity index (χ1) is 14.2. The van der Waals surface area contributed by atoms with Gasteiger partial charge in [-0.15, -0.1) is 5.10 Å². The number of nitrogens with one attached hydrogen (secondary N) is 1. The summed E-state index contributed by atoms with van der Waals surface area (Å²) in [6.45, 7) is 0.946. The molecule has 9 heteroatoms. The van der Waals surface area contributed by atoms with E-state index in [0.29, 0.717) is 41.2 Å². The van der Waals surface area contributed by atoms with Crippen LogP contribution in [0.5, 0.6) is 11.5 Å². The standard InChI is InChI=1S/C20H13N3O6/c24-17(13-9-11-3-1-2-4-14(11)28-19(13)25)21-20-23-22-18(29-20)12-5-6-15-16(10-12)27-8-7-26-15/h1-6,9-10H,7-8H2,(H,21,23,24). The van der Waals surface area contributed by atoms with Crippen LogP contribution >= 0.6 is 0 Å². The number of amides is 1. The molecule has 0 saturated carbocycles. The van der Waals surface area contributed by atoms with E-state index >= 15 is 0 Å². The van der Waals surface area contributed by atoms with Gasteiger partial charge in [-0.1, -0.05) is 23.3 Å². The highest BCUT2D eigenvalue weighted by Crippen LogP contribution is 2.34. The largest absolute Gasteiger partial charge is 0.486 e. The van der Waals surface area contributed by atoms with Crippen molar-refractivity contribution in [2.45, 2.75) is 0 Å². The fraction of sp³-hybridized carbons (Fsp3) is 0.100. The summed E-state index contributed by atoms with van der Waals surface area (Å²) in [7, 11) is 0. The van der Waals surface area contributed by atoms with Gasteiger partial charge in [0.1, 0.15) is 24.4 Å². The quantitative estimate of drug-likeness (QED) is 0.530. The van der Waals surface area contributed by atoms with E-state index < -0.39 is 11.5 Å². The van der Waals surface area contributed by atoms with E-state index in [1.54, 1.807) is 42.5 Å². The average Bonchev–Trinajstić information content (AvgIpc) is 3.21. The Kier molecular flexibility index (Phi) is 3.98. The van der Waals surface area contributed by atoms with Crippen LogP contribution in [0.15, 0.2) is 62.2 Å². The number of hydrogen-bond donors (Lipinski definition) is 1. The van der Waals surface area contributed by atoms with Gasteiger partial charge in [-0.2, -0.15) is 0 Å². The molecule has 1 N–H and O–H groups in total. The van der Waals surface area contributed by atoms with Gasteiger partial charge in [0.15, 0.2) is 11.5 Å². The number of anilines is 1. The summed E-state index contributed by atoms with van der Waals surface area (Å²) in [6.07, 6.45) is 0. The fourth-order valence-electron chi connectivity index (χ4n) is 2.95. The lowest BCUT2D eigenvalue weighted by atomic mass is 10.2. The third-order valence-corrected chi connectivity index (χ3v) is 4.32. The Morgan fingerprint density at radius 2 is 1.76 bits per heavy atom. The summed E-state index contributed by atoms with van der Waals surface area (Å²) >= 11 is 0. The van der Waals surface area contributed by atoms with Crippen LogP contribution in [0.4, 0.5) is 6.01 Å². The maximum Gasteiger partial charge on any atom is 0.349 e. The molecule has 0 fully saturated rings. The molecule has 0 radical (unpaired) electrons. The van der Waals surface area contributed by atoms with E-state index in [1.165, 1.54) is 6.07 Å². The molecule has 3 heterocycles. The lowest BCUT2D eigenvalue weighted by Crippen LogP contribution is -2.20. The second-order valence-electron chi connectivity index (χ2n) is 6.21. The van der Waals surface area contributed by atoms with E-state index in [9.17, 15) is 9.59 Å². The minimum atomic E-state index is -0.757. The molecule has 0 aliphatic carbocycles. The number of carbonyl (C=O) groups is 1. The van der Waals surface area contributed by atoms with E-state index in [4.69, 9.17) is 18.3 Å². The second-order valence-corrected chi connectivity index (χ2v) is 6.21. The summed E-state index contributed by atoms with van der Waals surface area (Å²) < 4.78 is 21.7. The van der Waals surface area contributed by atoms with Gasteiger partial charge in [0.25, 0.3) is 5.91 Å². The number of ether oxygens (including phenoxy) is 2. The maximum atomic E-state index is 12.5. The van der Waals surface area contributed by atoms with Crippen LogP contribution in [0.2, 0.25) is 0 Å². The first-order valence-electron chi connectivity index (χ1n) is 8.75. The monoisotopic (exact) mass is 391 g/mol. The highest BCUT2D eigenvalue weighted by molar-refractivity contribution is 6.04. The second kappa shape index (κ2) is 6.79. The normalized spacial score (nSPS) is 12.7. The molecule has 9 nitrogen and oxygen atoms in total. The van der Waals surface area contributed by atoms with E-state index in [1.807, 2.05) is 0 Å². The van der Waals surface area contributed by atoms with Gasteiger partial charge in [-0.25, -0.2) is 4.79 Å². The van der Waals surface area contributed by atoms with Crippen LogP contribution in [-0.4, -0.2) is 29.3 Å². The van der Waals surface area contributed by atoms with Crippen LogP contribution in [0.3, 0.4) is 0 Å². The van der Waals surface area contributed by atoms with Crippen molar-refractivity contribution in [3.63, 3.8) is 0 Å². The number of hydrogen-bond acceptors (Lipinski definition) is 8. The Morgan fingerprint density at radius 3 is 2.66 bits per heavy atom. The molecule has 2 aromatic heterocycles. The molecule has 4 aromatic rings. The molecular weight excluding hydrogens is 378 g/mol. The van der Waals surface area contributed by atoms with Crippen molar-refractivity contribution in [2.24, 2.45) is 0 Å². The van der Waals surface area contributed by atoms with E-state index in [-0.39, 0.29) is 17.5 Å². The first kappa shape index (κ1) is 17.0. The number of aromatic nitrogens is 2. The first-order valence-corrected chi connectivity index (χ1v) is 8.75. The minimum Gasteiger partial charge on any atom is -0.486 e. The van der Waals surface area contributed by atoms with Gasteiger partial charge in [0.05, 0.1) is 0 Å². The van der Waals surface area contributed by atoms with Crippen LogP contribution < -0.4 is 20.4 Å². The predicted molar refractivity (Wildman–Crippen MR) is 101 cm³/mol. The van der Waals surface area contributed by atoms with E-state index in [2.05, 4.69) is 15.5 Å². The molecule has 0 saturated heterocycles. The number of fused-ring (bicyclic) bond motifs is 2. The molecule has 0 bridgehead atoms. The molecule has 29 heavy (non-hydrogen) atoms. The molecule has 0 unspecified atom stereocenters. The van der Waals surface area contributed by atoms with Crippen molar-refractivity contribution in [2.75, 3.05) is 18.5 Å². The van der Waals surface area contributed by atoms with Gasteiger partial charge in [-0.3, -0.25) is 10.1 Å². The summed E-state index contributed by atoms with van der Waals surface area (Å²) in [6, 6.07) is 13.4. The van der Waals surface area contributed by atoms with Crippen molar-refractivity contribution in [3.05, 3.63) is 64.5 Å². The molecule has 144 valence electrons. The van der Waals surface area contributed by atoms with Gasteiger partial charge in [-0.05, 0) is 30.3 Å². The number of benzene rings is 2. The van der Waals surface area contributed by atoms with Gasteiger partial charge in [0.2, 0.25) is 5.89 Å². The molecule has 0 spiro atoms. The summed E-state index contributed by atoms with van der Waals surface area (Å²) in [5.74, 6) is 0.687. The van der Waals surface area contributed by atoms with Crippen LogP contribution in [0.25, 0.3) is 22.4 Å². The minimum absolute atomic E-state index is 0.146. The third-order valence-electron chi connectivity index (χ3n) is 4.32. The van der Waals surface area contributed by atoms with Crippen LogP contribution in [0.1, 0.15) is 10.4 Å².